The van der Waals surface area contributed by atoms with E-state index < -0.39 is 0 Å². The van der Waals surface area contributed by atoms with Crippen LogP contribution in [0.4, 0.5) is 5.82 Å². The van der Waals surface area contributed by atoms with Gasteiger partial charge in [0.1, 0.15) is 11.9 Å². The zero-order valence-electron chi connectivity index (χ0n) is 15.1. The van der Waals surface area contributed by atoms with Crippen LogP contribution < -0.4 is 10.2 Å². The molecule has 0 saturated carbocycles. The van der Waals surface area contributed by atoms with E-state index in [1.807, 2.05) is 11.0 Å². The molecule has 1 fully saturated rings. The predicted octanol–water partition coefficient (Wildman–Crippen LogP) is 2.40. The van der Waals surface area contributed by atoms with Crippen molar-refractivity contribution in [1.82, 2.24) is 24.6 Å². The number of aromatic amines is 1. The van der Waals surface area contributed by atoms with Gasteiger partial charge in [0.2, 0.25) is 5.91 Å². The first-order chi connectivity index (χ1) is 12.8. The molecule has 4 heterocycles. The largest absolute Gasteiger partial charge is 0.352 e. The Labute approximate surface area is 179 Å². The molecule has 10 heteroatoms. The average Bonchev–Trinajstić information content (AvgIpc) is 3.34. The molecule has 2 aliphatic rings. The summed E-state index contributed by atoms with van der Waals surface area (Å²) in [7, 11) is 0. The quantitative estimate of drug-likeness (QED) is 0.639. The molecule has 0 spiro atoms. The topological polar surface area (TPSA) is 77.2 Å². The highest BCUT2D eigenvalue weighted by Gasteiger charge is 2.33. The van der Waals surface area contributed by atoms with Crippen molar-refractivity contribution in [1.29, 1.82) is 0 Å². The highest BCUT2D eigenvalue weighted by Crippen LogP contribution is 2.30. The van der Waals surface area contributed by atoms with Crippen molar-refractivity contribution in [2.45, 2.75) is 12.5 Å². The Morgan fingerprint density at radius 2 is 1.93 bits per heavy atom. The van der Waals surface area contributed by atoms with Crippen LogP contribution in [0.15, 0.2) is 30.6 Å². The number of imidazole rings is 1. The number of rotatable bonds is 2. The molecule has 3 aromatic rings. The second kappa shape index (κ2) is 8.65. The maximum absolute atomic E-state index is 13.0. The van der Waals surface area contributed by atoms with E-state index >= 15 is 0 Å². The molecule has 2 aliphatic heterocycles. The number of H-pyrrole nitrogens is 1. The van der Waals surface area contributed by atoms with Crippen molar-refractivity contribution in [3.05, 3.63) is 42.0 Å². The van der Waals surface area contributed by atoms with Crippen molar-refractivity contribution in [3.8, 4) is 0 Å². The number of carbonyl (C=O) groups excluding carboxylic acids is 1. The van der Waals surface area contributed by atoms with E-state index in [0.717, 1.165) is 43.3 Å². The standard InChI is InChI=1S/C18H20N6OS.2ClH/c25-18(16-15-13(5-6-19-16)20-11-21-15)24-9-7-23(8-10-24)17-12-3-1-2-4-14(12)26-22-17;;/h1-4,11,16,19H,5-10H2,(H,20,21);2*1H. The van der Waals surface area contributed by atoms with E-state index in [0.29, 0.717) is 13.1 Å². The van der Waals surface area contributed by atoms with Gasteiger partial charge in [0.05, 0.1) is 16.7 Å². The van der Waals surface area contributed by atoms with Crippen molar-refractivity contribution >= 4 is 58.2 Å². The summed E-state index contributed by atoms with van der Waals surface area (Å²) in [6.07, 6.45) is 2.58. The summed E-state index contributed by atoms with van der Waals surface area (Å²) >= 11 is 1.54. The molecular weight excluding hydrogens is 419 g/mol. The van der Waals surface area contributed by atoms with Crippen molar-refractivity contribution in [3.63, 3.8) is 0 Å². The number of carbonyl (C=O) groups is 1. The van der Waals surface area contributed by atoms with Crippen LogP contribution in [0.1, 0.15) is 17.4 Å². The van der Waals surface area contributed by atoms with Crippen LogP contribution in [0.5, 0.6) is 0 Å². The molecule has 2 aromatic heterocycles. The lowest BCUT2D eigenvalue weighted by Gasteiger charge is -2.37. The minimum atomic E-state index is -0.323. The van der Waals surface area contributed by atoms with Crippen LogP contribution in [-0.4, -0.2) is 57.9 Å². The summed E-state index contributed by atoms with van der Waals surface area (Å²) in [6.45, 7) is 3.83. The fraction of sp³-hybridized carbons (Fsp3) is 0.389. The maximum atomic E-state index is 13.0. The van der Waals surface area contributed by atoms with Gasteiger partial charge in [-0.15, -0.1) is 24.8 Å². The number of hydrogen-bond acceptors (Lipinski definition) is 6. The SMILES string of the molecule is Cl.Cl.O=C(C1NCCc2[nH]cnc21)N1CCN(c2nsc3ccccc23)CC1. The number of piperazine rings is 1. The van der Waals surface area contributed by atoms with Crippen LogP contribution in [0.3, 0.4) is 0 Å². The monoisotopic (exact) mass is 440 g/mol. The Bertz CT molecular complexity index is 952. The Kier molecular flexibility index (Phi) is 6.44. The van der Waals surface area contributed by atoms with Gasteiger partial charge >= 0.3 is 0 Å². The summed E-state index contributed by atoms with van der Waals surface area (Å²) in [5.74, 6) is 1.17. The Balaban J connectivity index is 0.00000112. The lowest BCUT2D eigenvalue weighted by molar-refractivity contribution is -0.134. The molecule has 5 rings (SSSR count). The van der Waals surface area contributed by atoms with Crippen LogP contribution >= 0.6 is 36.3 Å². The molecule has 1 aromatic carbocycles. The van der Waals surface area contributed by atoms with E-state index in [2.05, 4.69) is 42.8 Å². The first kappa shape index (κ1) is 20.9. The summed E-state index contributed by atoms with van der Waals surface area (Å²) < 4.78 is 5.85. The van der Waals surface area contributed by atoms with Crippen LogP contribution in [0, 0.1) is 0 Å². The number of fused-ring (bicyclic) bond motifs is 2. The highest BCUT2D eigenvalue weighted by atomic mass is 35.5. The van der Waals surface area contributed by atoms with Crippen molar-refractivity contribution in [2.75, 3.05) is 37.6 Å². The minimum Gasteiger partial charge on any atom is -0.352 e. The number of benzene rings is 1. The van der Waals surface area contributed by atoms with E-state index in [4.69, 9.17) is 0 Å². The molecule has 7 nitrogen and oxygen atoms in total. The smallest absolute Gasteiger partial charge is 0.246 e. The third-order valence-electron chi connectivity index (χ3n) is 5.24. The number of anilines is 1. The van der Waals surface area contributed by atoms with Gasteiger partial charge in [-0.3, -0.25) is 4.79 Å². The lowest BCUT2D eigenvalue weighted by Crippen LogP contribution is -2.52. The molecule has 0 radical (unpaired) electrons. The zero-order valence-corrected chi connectivity index (χ0v) is 17.6. The van der Waals surface area contributed by atoms with Gasteiger partial charge in [-0.05, 0) is 23.7 Å². The summed E-state index contributed by atoms with van der Waals surface area (Å²) in [6, 6.07) is 8.00. The minimum absolute atomic E-state index is 0. The normalized spacial score (nSPS) is 18.9. The predicted molar refractivity (Wildman–Crippen MR) is 116 cm³/mol. The Morgan fingerprint density at radius 3 is 2.75 bits per heavy atom. The van der Waals surface area contributed by atoms with Gasteiger partial charge in [0, 0.05) is 50.2 Å². The van der Waals surface area contributed by atoms with E-state index in [1.165, 1.54) is 21.6 Å². The van der Waals surface area contributed by atoms with Crippen LogP contribution in [-0.2, 0) is 11.2 Å². The summed E-state index contributed by atoms with van der Waals surface area (Å²) in [5.41, 5.74) is 1.93. The van der Waals surface area contributed by atoms with Gasteiger partial charge in [0.25, 0.3) is 0 Å². The van der Waals surface area contributed by atoms with Crippen molar-refractivity contribution < 1.29 is 4.79 Å². The average molecular weight is 441 g/mol. The first-order valence-electron chi connectivity index (χ1n) is 8.95. The summed E-state index contributed by atoms with van der Waals surface area (Å²) in [5, 5.41) is 4.52. The highest BCUT2D eigenvalue weighted by molar-refractivity contribution is 7.13. The number of nitrogens with zero attached hydrogens (tertiary/aromatic N) is 4. The second-order valence-corrected chi connectivity index (χ2v) is 7.52. The van der Waals surface area contributed by atoms with E-state index in [-0.39, 0.29) is 36.8 Å². The molecule has 1 atom stereocenters. The molecule has 0 bridgehead atoms. The lowest BCUT2D eigenvalue weighted by atomic mass is 10.0. The molecule has 150 valence electrons. The third kappa shape index (κ3) is 3.57. The fourth-order valence-electron chi connectivity index (χ4n) is 3.84. The van der Waals surface area contributed by atoms with Crippen LogP contribution in [0.2, 0.25) is 0 Å². The number of amides is 1. The zero-order chi connectivity index (χ0) is 17.5. The maximum Gasteiger partial charge on any atom is 0.246 e. The molecular formula is C18H22Cl2N6OS. The van der Waals surface area contributed by atoms with Gasteiger partial charge < -0.3 is 20.1 Å². The number of nitrogens with one attached hydrogen (secondary N) is 2. The van der Waals surface area contributed by atoms with Crippen LogP contribution in [0.25, 0.3) is 10.1 Å². The molecule has 1 amide bonds. The first-order valence-corrected chi connectivity index (χ1v) is 9.72. The number of halogens is 2. The van der Waals surface area contributed by atoms with Gasteiger partial charge in [-0.25, -0.2) is 4.98 Å². The second-order valence-electron chi connectivity index (χ2n) is 6.72. The van der Waals surface area contributed by atoms with E-state index in [9.17, 15) is 4.79 Å². The number of aromatic nitrogens is 3. The molecule has 1 saturated heterocycles. The van der Waals surface area contributed by atoms with E-state index in [1.54, 1.807) is 6.33 Å². The fourth-order valence-corrected chi connectivity index (χ4v) is 4.64. The summed E-state index contributed by atoms with van der Waals surface area (Å²) in [4.78, 5) is 24.7. The molecule has 0 aliphatic carbocycles. The van der Waals surface area contributed by atoms with Crippen molar-refractivity contribution in [2.24, 2.45) is 0 Å². The molecule has 28 heavy (non-hydrogen) atoms. The number of hydrogen-bond donors (Lipinski definition) is 2. The van der Waals surface area contributed by atoms with Gasteiger partial charge in [-0.1, -0.05) is 12.1 Å². The van der Waals surface area contributed by atoms with Gasteiger partial charge in [0.15, 0.2) is 0 Å². The Hall–Kier alpha value is -1.87. The van der Waals surface area contributed by atoms with Gasteiger partial charge in [-0.2, -0.15) is 4.37 Å². The Morgan fingerprint density at radius 1 is 1.14 bits per heavy atom. The molecule has 1 unspecified atom stereocenters. The third-order valence-corrected chi connectivity index (χ3v) is 6.06. The molecule has 2 N–H and O–H groups in total.